The van der Waals surface area contributed by atoms with Crippen LogP contribution in [0.4, 0.5) is 11.4 Å². The molecule has 28 heavy (non-hydrogen) atoms. The Morgan fingerprint density at radius 3 is 2.46 bits per heavy atom. The van der Waals surface area contributed by atoms with Gasteiger partial charge in [-0.05, 0) is 29.8 Å². The molecule has 1 fully saturated rings. The monoisotopic (exact) mass is 402 g/mol. The number of carbonyl (C=O) groups is 3. The Kier molecular flexibility index (Phi) is 5.27. The van der Waals surface area contributed by atoms with Crippen LogP contribution in [0.25, 0.3) is 0 Å². The van der Waals surface area contributed by atoms with Crippen molar-refractivity contribution in [2.75, 3.05) is 5.32 Å². The molecular formula is C18H15ClN4O5. The lowest BCUT2D eigenvalue weighted by atomic mass is 9.95. The molecule has 2 aromatic rings. The average molecular weight is 403 g/mol. The van der Waals surface area contributed by atoms with Crippen molar-refractivity contribution in [3.05, 3.63) is 69.8 Å². The van der Waals surface area contributed by atoms with E-state index in [-0.39, 0.29) is 17.2 Å². The number of hydrazine groups is 1. The highest BCUT2D eigenvalue weighted by Gasteiger charge is 2.48. The summed E-state index contributed by atoms with van der Waals surface area (Å²) in [7, 11) is 0. The van der Waals surface area contributed by atoms with Crippen molar-refractivity contribution in [1.82, 2.24) is 10.4 Å². The van der Waals surface area contributed by atoms with Crippen LogP contribution in [0.5, 0.6) is 0 Å². The number of halogens is 1. The van der Waals surface area contributed by atoms with Crippen molar-refractivity contribution in [1.29, 1.82) is 0 Å². The van der Waals surface area contributed by atoms with E-state index in [0.717, 1.165) is 5.01 Å². The first-order valence-corrected chi connectivity index (χ1v) is 8.61. The highest BCUT2D eigenvalue weighted by Crippen LogP contribution is 2.38. The molecule has 2 aromatic carbocycles. The Labute approximate surface area is 164 Å². The van der Waals surface area contributed by atoms with E-state index in [4.69, 9.17) is 11.6 Å². The molecule has 2 atom stereocenters. The van der Waals surface area contributed by atoms with Gasteiger partial charge >= 0.3 is 0 Å². The van der Waals surface area contributed by atoms with Crippen molar-refractivity contribution < 1.29 is 19.3 Å². The molecule has 0 radical (unpaired) electrons. The number of carbonyl (C=O) groups excluding carboxylic acids is 3. The molecular weight excluding hydrogens is 388 g/mol. The summed E-state index contributed by atoms with van der Waals surface area (Å²) in [5.74, 6) is -1.31. The van der Waals surface area contributed by atoms with Gasteiger partial charge in [0.15, 0.2) is 0 Å². The number of nitrogens with one attached hydrogen (secondary N) is 2. The van der Waals surface area contributed by atoms with Crippen LogP contribution in [0.3, 0.4) is 0 Å². The second-order valence-electron chi connectivity index (χ2n) is 6.11. The zero-order valence-electron chi connectivity index (χ0n) is 14.6. The second-order valence-corrected chi connectivity index (χ2v) is 6.58. The zero-order valence-corrected chi connectivity index (χ0v) is 15.3. The summed E-state index contributed by atoms with van der Waals surface area (Å²) in [6, 6.07) is 11.1. The molecule has 3 amide bonds. The minimum atomic E-state index is -0.940. The van der Waals surface area contributed by atoms with Crippen LogP contribution >= 0.6 is 11.6 Å². The number of nitrogens with zero attached hydrogens (tertiary/aromatic N) is 2. The number of anilines is 1. The van der Waals surface area contributed by atoms with Crippen LogP contribution < -0.4 is 10.7 Å². The quantitative estimate of drug-likeness (QED) is 0.344. The van der Waals surface area contributed by atoms with Gasteiger partial charge in [0.05, 0.1) is 4.92 Å². The Bertz CT molecular complexity index is 963. The van der Waals surface area contributed by atoms with Crippen LogP contribution in [0.1, 0.15) is 28.9 Å². The Hall–Kier alpha value is -3.46. The van der Waals surface area contributed by atoms with Crippen molar-refractivity contribution in [3.63, 3.8) is 0 Å². The summed E-state index contributed by atoms with van der Waals surface area (Å²) < 4.78 is 0. The Morgan fingerprint density at radius 2 is 1.86 bits per heavy atom. The molecule has 0 aliphatic carbocycles. The molecule has 1 heterocycles. The van der Waals surface area contributed by atoms with E-state index in [1.807, 2.05) is 0 Å². The van der Waals surface area contributed by atoms with Gasteiger partial charge in [-0.1, -0.05) is 12.1 Å². The van der Waals surface area contributed by atoms with Gasteiger partial charge in [0.2, 0.25) is 5.91 Å². The lowest BCUT2D eigenvalue weighted by Crippen LogP contribution is -2.63. The van der Waals surface area contributed by atoms with Gasteiger partial charge in [-0.2, -0.15) is 0 Å². The van der Waals surface area contributed by atoms with Gasteiger partial charge in [0.1, 0.15) is 11.4 Å². The van der Waals surface area contributed by atoms with Crippen LogP contribution in [0.2, 0.25) is 0 Å². The lowest BCUT2D eigenvalue weighted by Gasteiger charge is -2.43. The molecule has 0 spiro atoms. The van der Waals surface area contributed by atoms with Gasteiger partial charge in [-0.25, -0.2) is 5.01 Å². The topological polar surface area (TPSA) is 122 Å². The maximum absolute atomic E-state index is 12.4. The maximum Gasteiger partial charge on any atom is 0.269 e. The molecule has 0 saturated carbocycles. The fraction of sp³-hybridized carbons (Fsp3) is 0.167. The molecule has 1 aliphatic heterocycles. The molecule has 9 nitrogen and oxygen atoms in total. The molecule has 1 saturated heterocycles. The van der Waals surface area contributed by atoms with E-state index in [2.05, 4.69) is 10.7 Å². The third-order valence-corrected chi connectivity index (χ3v) is 4.57. The first kappa shape index (κ1) is 19.3. The standard InChI is InChI=1S/C18H15ClN4O5/c1-10(24)20-13-7-5-11(6-8-13)17(25)21-22-16(15(19)18(22)26)12-3-2-4-14(9-12)23(27)28/h2-9,15-16H,1H3,(H,20,24)(H,21,25)/t15-,16-/m0/s1. The molecule has 0 aromatic heterocycles. The molecule has 0 bridgehead atoms. The zero-order chi connectivity index (χ0) is 20.4. The number of nitro groups is 1. The van der Waals surface area contributed by atoms with E-state index in [0.29, 0.717) is 11.3 Å². The minimum absolute atomic E-state index is 0.138. The normalized spacial score (nSPS) is 18.2. The molecule has 2 N–H and O–H groups in total. The predicted molar refractivity (Wildman–Crippen MR) is 101 cm³/mol. The third-order valence-electron chi connectivity index (χ3n) is 4.14. The molecule has 3 rings (SSSR count). The fourth-order valence-corrected chi connectivity index (χ4v) is 3.16. The average Bonchev–Trinajstić information content (AvgIpc) is 2.67. The first-order chi connectivity index (χ1) is 13.3. The van der Waals surface area contributed by atoms with Crippen molar-refractivity contribution in [2.45, 2.75) is 18.3 Å². The van der Waals surface area contributed by atoms with Gasteiger partial charge in [-0.15, -0.1) is 11.6 Å². The van der Waals surface area contributed by atoms with Crippen LogP contribution in [-0.2, 0) is 9.59 Å². The van der Waals surface area contributed by atoms with Gasteiger partial charge in [0.25, 0.3) is 17.5 Å². The Morgan fingerprint density at radius 1 is 1.18 bits per heavy atom. The van der Waals surface area contributed by atoms with Crippen molar-refractivity contribution in [3.8, 4) is 0 Å². The maximum atomic E-state index is 12.4. The fourth-order valence-electron chi connectivity index (χ4n) is 2.80. The van der Waals surface area contributed by atoms with Crippen LogP contribution in [-0.4, -0.2) is 33.0 Å². The number of nitro benzene ring substituents is 1. The van der Waals surface area contributed by atoms with E-state index in [9.17, 15) is 24.5 Å². The number of alkyl halides is 1. The SMILES string of the molecule is CC(=O)Nc1ccc(C(=O)NN2C(=O)[C@@H](Cl)[C@@H]2c2cccc([N+](=O)[O-])c2)cc1. The van der Waals surface area contributed by atoms with Gasteiger partial charge in [-0.3, -0.25) is 29.9 Å². The smallest absolute Gasteiger partial charge is 0.269 e. The summed E-state index contributed by atoms with van der Waals surface area (Å²) in [4.78, 5) is 46.0. The van der Waals surface area contributed by atoms with E-state index in [1.165, 1.54) is 37.3 Å². The second kappa shape index (κ2) is 7.65. The highest BCUT2D eigenvalue weighted by molar-refractivity contribution is 6.33. The molecule has 0 unspecified atom stereocenters. The predicted octanol–water partition coefficient (Wildman–Crippen LogP) is 2.39. The van der Waals surface area contributed by atoms with Crippen LogP contribution in [0, 0.1) is 10.1 Å². The number of hydrogen-bond donors (Lipinski definition) is 2. The van der Waals surface area contributed by atoms with Gasteiger partial charge in [0, 0.05) is 30.3 Å². The highest BCUT2D eigenvalue weighted by atomic mass is 35.5. The number of non-ortho nitro benzene ring substituents is 1. The minimum Gasteiger partial charge on any atom is -0.326 e. The summed E-state index contributed by atoms with van der Waals surface area (Å²) >= 11 is 6.07. The number of rotatable bonds is 5. The summed E-state index contributed by atoms with van der Waals surface area (Å²) in [6.07, 6.45) is 0. The Balaban J connectivity index is 1.76. The van der Waals surface area contributed by atoms with Crippen LogP contribution in [0.15, 0.2) is 48.5 Å². The summed E-state index contributed by atoms with van der Waals surface area (Å²) in [5, 5.41) is 13.7. The molecule has 144 valence electrons. The summed E-state index contributed by atoms with van der Waals surface area (Å²) in [5.41, 5.74) is 3.56. The molecule has 1 aliphatic rings. The number of β-lactam (4-membered cyclic amide) rings is 1. The number of hydrogen-bond acceptors (Lipinski definition) is 5. The van der Waals surface area contributed by atoms with E-state index < -0.39 is 28.2 Å². The van der Waals surface area contributed by atoms with Crippen molar-refractivity contribution in [2.24, 2.45) is 0 Å². The summed E-state index contributed by atoms with van der Waals surface area (Å²) in [6.45, 7) is 1.37. The van der Waals surface area contributed by atoms with E-state index >= 15 is 0 Å². The number of benzene rings is 2. The number of amides is 3. The van der Waals surface area contributed by atoms with E-state index in [1.54, 1.807) is 18.2 Å². The molecule has 10 heteroatoms. The largest absolute Gasteiger partial charge is 0.326 e. The lowest BCUT2D eigenvalue weighted by molar-refractivity contribution is -0.385. The van der Waals surface area contributed by atoms with Crippen molar-refractivity contribution >= 4 is 40.7 Å². The third kappa shape index (κ3) is 3.79. The van der Waals surface area contributed by atoms with Gasteiger partial charge < -0.3 is 5.32 Å². The first-order valence-electron chi connectivity index (χ1n) is 8.18.